The maximum absolute atomic E-state index is 12.9. The van der Waals surface area contributed by atoms with Crippen molar-refractivity contribution in [3.8, 4) is 0 Å². The van der Waals surface area contributed by atoms with Crippen molar-refractivity contribution in [2.75, 3.05) is 11.4 Å². The number of hydrogen-bond acceptors (Lipinski definition) is 2. The van der Waals surface area contributed by atoms with Gasteiger partial charge < -0.3 is 10.0 Å². The van der Waals surface area contributed by atoms with Gasteiger partial charge in [-0.2, -0.15) is 0 Å². The molecule has 0 spiro atoms. The molecule has 0 fully saturated rings. The summed E-state index contributed by atoms with van der Waals surface area (Å²) in [5.41, 5.74) is 1.46. The summed E-state index contributed by atoms with van der Waals surface area (Å²) in [4.78, 5) is 27.1. The zero-order chi connectivity index (χ0) is 15.8. The second-order valence-electron chi connectivity index (χ2n) is 6.49. The van der Waals surface area contributed by atoms with Gasteiger partial charge in [-0.1, -0.05) is 18.2 Å². The Morgan fingerprint density at radius 2 is 1.95 bits per heavy atom. The van der Waals surface area contributed by atoms with Crippen LogP contribution in [0.4, 0.5) is 10.5 Å². The third-order valence-electron chi connectivity index (χ3n) is 3.75. The van der Waals surface area contributed by atoms with E-state index in [-0.39, 0.29) is 18.6 Å². The van der Waals surface area contributed by atoms with Gasteiger partial charge in [-0.05, 0) is 45.7 Å². The molecule has 0 saturated carbocycles. The van der Waals surface area contributed by atoms with Gasteiger partial charge in [-0.25, -0.2) is 4.79 Å². The first-order valence-electron chi connectivity index (χ1n) is 7.12. The summed E-state index contributed by atoms with van der Waals surface area (Å²) in [7, 11) is 0. The Labute approximate surface area is 125 Å². The number of fused-ring (bicyclic) bond motifs is 1. The Hall–Kier alpha value is -2.04. The lowest BCUT2D eigenvalue weighted by Gasteiger charge is -2.38. The van der Waals surface area contributed by atoms with Crippen molar-refractivity contribution in [2.45, 2.75) is 45.7 Å². The van der Waals surface area contributed by atoms with E-state index in [2.05, 4.69) is 0 Å². The molecule has 114 valence electrons. The first kappa shape index (κ1) is 15.4. The fourth-order valence-electron chi connectivity index (χ4n) is 2.71. The Morgan fingerprint density at radius 3 is 2.52 bits per heavy atom. The molecule has 1 aromatic rings. The largest absolute Gasteiger partial charge is 0.480 e. The van der Waals surface area contributed by atoms with Crippen LogP contribution in [0.15, 0.2) is 24.3 Å². The summed E-state index contributed by atoms with van der Waals surface area (Å²) in [5, 5.41) is 9.09. The highest BCUT2D eigenvalue weighted by molar-refractivity contribution is 5.96. The first-order valence-corrected chi connectivity index (χ1v) is 7.12. The molecule has 1 aromatic carbocycles. The Bertz CT molecular complexity index is 563. The van der Waals surface area contributed by atoms with E-state index in [0.29, 0.717) is 0 Å². The van der Waals surface area contributed by atoms with Crippen molar-refractivity contribution in [3.05, 3.63) is 29.8 Å². The number of amides is 2. The molecule has 0 bridgehead atoms. The lowest BCUT2D eigenvalue weighted by atomic mass is 10.1. The van der Waals surface area contributed by atoms with E-state index in [1.165, 1.54) is 4.90 Å². The van der Waals surface area contributed by atoms with Crippen LogP contribution in [0.2, 0.25) is 0 Å². The number of para-hydroxylation sites is 1. The summed E-state index contributed by atoms with van der Waals surface area (Å²) in [5.74, 6) is -1.00. The average Bonchev–Trinajstić information content (AvgIpc) is 2.69. The number of carbonyl (C=O) groups is 2. The molecule has 1 N–H and O–H groups in total. The van der Waals surface area contributed by atoms with Crippen LogP contribution in [0.3, 0.4) is 0 Å². The molecule has 0 aliphatic carbocycles. The molecule has 5 heteroatoms. The Morgan fingerprint density at radius 1 is 1.33 bits per heavy atom. The SMILES string of the molecule is CC1Cc2ccccc2N1C(=O)N(CC(=O)O)C(C)(C)C. The van der Waals surface area contributed by atoms with Gasteiger partial charge in [0.15, 0.2) is 0 Å². The Kier molecular flexibility index (Phi) is 3.94. The highest BCUT2D eigenvalue weighted by Gasteiger charge is 2.37. The second-order valence-corrected chi connectivity index (χ2v) is 6.49. The van der Waals surface area contributed by atoms with Gasteiger partial charge in [0, 0.05) is 17.3 Å². The molecule has 1 unspecified atom stereocenters. The van der Waals surface area contributed by atoms with E-state index in [1.807, 2.05) is 52.0 Å². The molecule has 5 nitrogen and oxygen atoms in total. The molecule has 1 aliphatic heterocycles. The van der Waals surface area contributed by atoms with Gasteiger partial charge in [0.25, 0.3) is 0 Å². The van der Waals surface area contributed by atoms with Crippen LogP contribution in [0.5, 0.6) is 0 Å². The van der Waals surface area contributed by atoms with Crippen LogP contribution in [0.25, 0.3) is 0 Å². The van der Waals surface area contributed by atoms with E-state index < -0.39 is 11.5 Å². The summed E-state index contributed by atoms with van der Waals surface area (Å²) >= 11 is 0. The predicted octanol–water partition coefficient (Wildman–Crippen LogP) is 2.74. The first-order chi connectivity index (χ1) is 9.71. The topological polar surface area (TPSA) is 60.9 Å². The molecule has 0 aromatic heterocycles. The molecule has 0 saturated heterocycles. The lowest BCUT2D eigenvalue weighted by molar-refractivity contribution is -0.138. The zero-order valence-corrected chi connectivity index (χ0v) is 13.0. The number of carboxylic acids is 1. The minimum absolute atomic E-state index is 0.0357. The van der Waals surface area contributed by atoms with Crippen molar-refractivity contribution >= 4 is 17.7 Å². The van der Waals surface area contributed by atoms with E-state index in [0.717, 1.165) is 17.7 Å². The summed E-state index contributed by atoms with van der Waals surface area (Å²) in [6, 6.07) is 7.57. The van der Waals surface area contributed by atoms with Crippen LogP contribution in [0, 0.1) is 0 Å². The molecule has 2 rings (SSSR count). The van der Waals surface area contributed by atoms with Gasteiger partial charge in [0.05, 0.1) is 0 Å². The van der Waals surface area contributed by atoms with Crippen LogP contribution in [-0.2, 0) is 11.2 Å². The predicted molar refractivity (Wildman–Crippen MR) is 81.6 cm³/mol. The fourth-order valence-corrected chi connectivity index (χ4v) is 2.71. The van der Waals surface area contributed by atoms with Crippen molar-refractivity contribution in [1.82, 2.24) is 4.90 Å². The van der Waals surface area contributed by atoms with Crippen molar-refractivity contribution < 1.29 is 14.7 Å². The highest BCUT2D eigenvalue weighted by Crippen LogP contribution is 2.33. The number of anilines is 1. The third kappa shape index (κ3) is 3.01. The van der Waals surface area contributed by atoms with Crippen molar-refractivity contribution in [1.29, 1.82) is 0 Å². The zero-order valence-electron chi connectivity index (χ0n) is 13.0. The van der Waals surface area contributed by atoms with E-state index in [4.69, 9.17) is 5.11 Å². The monoisotopic (exact) mass is 290 g/mol. The second kappa shape index (κ2) is 5.39. The smallest absolute Gasteiger partial charge is 0.325 e. The normalized spacial score (nSPS) is 17.5. The number of urea groups is 1. The minimum Gasteiger partial charge on any atom is -0.480 e. The molecule has 1 atom stereocenters. The maximum atomic E-state index is 12.9. The van der Waals surface area contributed by atoms with Crippen LogP contribution in [0.1, 0.15) is 33.3 Å². The van der Waals surface area contributed by atoms with Crippen LogP contribution < -0.4 is 4.90 Å². The minimum atomic E-state index is -1.00. The molecule has 0 radical (unpaired) electrons. The van der Waals surface area contributed by atoms with Crippen LogP contribution >= 0.6 is 0 Å². The van der Waals surface area contributed by atoms with Gasteiger partial charge in [0.2, 0.25) is 0 Å². The molecule has 21 heavy (non-hydrogen) atoms. The Balaban J connectivity index is 2.35. The van der Waals surface area contributed by atoms with E-state index in [1.54, 1.807) is 4.90 Å². The number of rotatable bonds is 2. The number of carbonyl (C=O) groups excluding carboxylic acids is 1. The van der Waals surface area contributed by atoms with Gasteiger partial charge in [-0.3, -0.25) is 9.69 Å². The van der Waals surface area contributed by atoms with E-state index >= 15 is 0 Å². The standard InChI is InChI=1S/C16H22N2O3/c1-11-9-12-7-5-6-8-13(12)18(11)15(21)17(10-14(19)20)16(2,3)4/h5-8,11H,9-10H2,1-4H3,(H,19,20). The third-order valence-corrected chi connectivity index (χ3v) is 3.75. The molecular weight excluding hydrogens is 268 g/mol. The molecule has 2 amide bonds. The van der Waals surface area contributed by atoms with Gasteiger partial charge in [-0.15, -0.1) is 0 Å². The van der Waals surface area contributed by atoms with Crippen LogP contribution in [-0.4, -0.2) is 40.1 Å². The summed E-state index contributed by atoms with van der Waals surface area (Å²) in [6.07, 6.45) is 0.799. The number of carboxylic acid groups (broad SMARTS) is 1. The fraction of sp³-hybridized carbons (Fsp3) is 0.500. The van der Waals surface area contributed by atoms with Crippen molar-refractivity contribution in [2.24, 2.45) is 0 Å². The lowest BCUT2D eigenvalue weighted by Crippen LogP contribution is -2.55. The number of nitrogens with zero attached hydrogens (tertiary/aromatic N) is 2. The van der Waals surface area contributed by atoms with Gasteiger partial charge >= 0.3 is 12.0 Å². The number of aliphatic carboxylic acids is 1. The molecule has 1 aliphatic rings. The number of hydrogen-bond donors (Lipinski definition) is 1. The van der Waals surface area contributed by atoms with E-state index in [9.17, 15) is 9.59 Å². The van der Waals surface area contributed by atoms with Gasteiger partial charge in [0.1, 0.15) is 6.54 Å². The maximum Gasteiger partial charge on any atom is 0.325 e. The average molecular weight is 290 g/mol. The number of benzene rings is 1. The molecular formula is C16H22N2O3. The summed E-state index contributed by atoms with van der Waals surface area (Å²) < 4.78 is 0. The summed E-state index contributed by atoms with van der Waals surface area (Å²) in [6.45, 7) is 7.23. The quantitative estimate of drug-likeness (QED) is 0.911. The molecule has 1 heterocycles. The van der Waals surface area contributed by atoms with Crippen molar-refractivity contribution in [3.63, 3.8) is 0 Å². The highest BCUT2D eigenvalue weighted by atomic mass is 16.4.